The molecule has 1 fully saturated rings. The Hall–Kier alpha value is -1.16. The van der Waals surface area contributed by atoms with E-state index in [0.717, 1.165) is 9.99 Å². The minimum Gasteiger partial charge on any atom is -0.348 e. The summed E-state index contributed by atoms with van der Waals surface area (Å²) in [5, 5.41) is 3.89. The summed E-state index contributed by atoms with van der Waals surface area (Å²) in [7, 11) is -3.22. The smallest absolute Gasteiger partial charge is 0.252 e. The van der Waals surface area contributed by atoms with Crippen molar-refractivity contribution in [1.82, 2.24) is 9.62 Å². The number of carbonyl (C=O) groups is 1. The van der Waals surface area contributed by atoms with E-state index in [1.165, 1.54) is 11.1 Å². The second-order valence-corrected chi connectivity index (χ2v) is 12.1. The zero-order chi connectivity index (χ0) is 22.2. The minimum atomic E-state index is -3.22. The van der Waals surface area contributed by atoms with Crippen LogP contribution < -0.4 is 5.32 Å². The highest BCUT2D eigenvalue weighted by molar-refractivity contribution is 14.1. The zero-order valence-electron chi connectivity index (χ0n) is 17.4. The molecule has 1 heterocycles. The number of nitrogens with zero attached hydrogens (tertiary/aromatic N) is 1. The zero-order valence-corrected chi connectivity index (χ0v) is 21.1. The van der Waals surface area contributed by atoms with Gasteiger partial charge in [0.1, 0.15) is 0 Å². The molecule has 4 rings (SSSR count). The summed E-state index contributed by atoms with van der Waals surface area (Å²) in [5.41, 5.74) is 2.85. The van der Waals surface area contributed by atoms with Crippen LogP contribution in [0.3, 0.4) is 0 Å². The van der Waals surface area contributed by atoms with Crippen molar-refractivity contribution in [1.29, 1.82) is 0 Å². The average Bonchev–Trinajstić information content (AvgIpc) is 3.01. The second kappa shape index (κ2) is 9.00. The lowest BCUT2D eigenvalue weighted by Gasteiger charge is -2.43. The number of benzene rings is 2. The lowest BCUT2D eigenvalue weighted by Crippen LogP contribution is -2.54. The van der Waals surface area contributed by atoms with Crippen LogP contribution in [0.2, 0.25) is 5.02 Å². The summed E-state index contributed by atoms with van der Waals surface area (Å²) in [6, 6.07) is 13.5. The van der Waals surface area contributed by atoms with Crippen LogP contribution in [-0.2, 0) is 21.9 Å². The first-order valence-electron chi connectivity index (χ1n) is 10.6. The molecule has 1 saturated heterocycles. The lowest BCUT2D eigenvalue weighted by molar-refractivity contribution is 0.0896. The maximum absolute atomic E-state index is 13.2. The minimum absolute atomic E-state index is 0.0695. The number of fused-ring (bicyclic) bond motifs is 2. The van der Waals surface area contributed by atoms with Crippen molar-refractivity contribution >= 4 is 50.1 Å². The summed E-state index contributed by atoms with van der Waals surface area (Å²) in [4.78, 5) is 13.2. The SMILES string of the molecule is CCCS(=O)(=O)N1CCC2(CC1)c1ccccc1CC2NC(=O)c1ccc(Cl)cc1I. The lowest BCUT2D eigenvalue weighted by atomic mass is 9.71. The van der Waals surface area contributed by atoms with Gasteiger partial charge in [0.05, 0.1) is 11.3 Å². The van der Waals surface area contributed by atoms with Crippen LogP contribution in [0.1, 0.15) is 47.7 Å². The quantitative estimate of drug-likeness (QED) is 0.541. The molecule has 1 aliphatic carbocycles. The summed E-state index contributed by atoms with van der Waals surface area (Å²) in [6.45, 7) is 2.86. The van der Waals surface area contributed by atoms with Crippen molar-refractivity contribution < 1.29 is 13.2 Å². The molecule has 5 nitrogen and oxygen atoms in total. The number of halogens is 2. The van der Waals surface area contributed by atoms with E-state index >= 15 is 0 Å². The van der Waals surface area contributed by atoms with Crippen molar-refractivity contribution in [3.8, 4) is 0 Å². The first-order valence-corrected chi connectivity index (χ1v) is 13.7. The Kier molecular flexibility index (Phi) is 6.68. The molecule has 166 valence electrons. The highest BCUT2D eigenvalue weighted by Gasteiger charge is 2.50. The molecule has 1 N–H and O–H groups in total. The fourth-order valence-electron chi connectivity index (χ4n) is 5.05. The van der Waals surface area contributed by atoms with Gasteiger partial charge in [-0.2, -0.15) is 0 Å². The molecule has 1 amide bonds. The number of hydrogen-bond acceptors (Lipinski definition) is 3. The average molecular weight is 573 g/mol. The summed E-state index contributed by atoms with van der Waals surface area (Å²) < 4.78 is 27.6. The van der Waals surface area contributed by atoms with Gasteiger partial charge in [0.15, 0.2) is 0 Å². The molecule has 2 aromatic carbocycles. The van der Waals surface area contributed by atoms with Gasteiger partial charge in [-0.1, -0.05) is 42.8 Å². The predicted molar refractivity (Wildman–Crippen MR) is 132 cm³/mol. The van der Waals surface area contributed by atoms with Crippen LogP contribution in [0.25, 0.3) is 0 Å². The molecule has 31 heavy (non-hydrogen) atoms. The molecule has 0 bridgehead atoms. The highest BCUT2D eigenvalue weighted by Crippen LogP contribution is 2.47. The van der Waals surface area contributed by atoms with Crippen molar-refractivity contribution in [2.75, 3.05) is 18.8 Å². The molecule has 1 unspecified atom stereocenters. The molecule has 1 spiro atoms. The molecule has 1 atom stereocenters. The van der Waals surface area contributed by atoms with Gasteiger partial charge in [0.25, 0.3) is 5.91 Å². The Bertz CT molecular complexity index is 1100. The van der Waals surface area contributed by atoms with Crippen molar-refractivity contribution in [2.24, 2.45) is 0 Å². The van der Waals surface area contributed by atoms with Crippen molar-refractivity contribution in [3.63, 3.8) is 0 Å². The Morgan fingerprint density at radius 1 is 1.23 bits per heavy atom. The van der Waals surface area contributed by atoms with E-state index in [1.54, 1.807) is 22.5 Å². The second-order valence-electron chi connectivity index (χ2n) is 8.38. The normalized spacial score (nSPS) is 20.5. The monoisotopic (exact) mass is 572 g/mol. The van der Waals surface area contributed by atoms with E-state index in [-0.39, 0.29) is 23.1 Å². The van der Waals surface area contributed by atoms with E-state index in [1.807, 2.05) is 19.1 Å². The van der Waals surface area contributed by atoms with E-state index in [2.05, 4.69) is 40.0 Å². The van der Waals surface area contributed by atoms with E-state index in [0.29, 0.717) is 42.9 Å². The predicted octanol–water partition coefficient (Wildman–Crippen LogP) is 4.37. The molecule has 2 aromatic rings. The van der Waals surface area contributed by atoms with Gasteiger partial charge >= 0.3 is 0 Å². The third-order valence-corrected chi connectivity index (χ3v) is 9.80. The summed E-state index contributed by atoms with van der Waals surface area (Å²) >= 11 is 8.19. The van der Waals surface area contributed by atoms with Gasteiger partial charge in [-0.05, 0) is 77.6 Å². The van der Waals surface area contributed by atoms with Crippen molar-refractivity contribution in [2.45, 2.75) is 44.1 Å². The number of sulfonamides is 1. The largest absolute Gasteiger partial charge is 0.348 e. The number of amides is 1. The number of hydrogen-bond donors (Lipinski definition) is 1. The molecule has 0 radical (unpaired) electrons. The third-order valence-electron chi connectivity index (χ3n) is 6.60. The van der Waals surface area contributed by atoms with Crippen LogP contribution in [-0.4, -0.2) is 43.5 Å². The summed E-state index contributed by atoms with van der Waals surface area (Å²) in [5.74, 6) is 0.0745. The Labute approximate surface area is 202 Å². The number of rotatable bonds is 5. The fraction of sp³-hybridized carbons (Fsp3) is 0.435. The van der Waals surface area contributed by atoms with Crippen LogP contribution in [0.4, 0.5) is 0 Å². The Morgan fingerprint density at radius 3 is 2.61 bits per heavy atom. The number of carbonyl (C=O) groups excluding carboxylic acids is 1. The molecular formula is C23H26ClIN2O3S. The summed E-state index contributed by atoms with van der Waals surface area (Å²) in [6.07, 6.45) is 2.78. The maximum Gasteiger partial charge on any atom is 0.252 e. The van der Waals surface area contributed by atoms with E-state index in [9.17, 15) is 13.2 Å². The van der Waals surface area contributed by atoms with Crippen LogP contribution in [0.15, 0.2) is 42.5 Å². The van der Waals surface area contributed by atoms with Crippen LogP contribution in [0, 0.1) is 3.57 Å². The molecular weight excluding hydrogens is 547 g/mol. The molecule has 2 aliphatic rings. The maximum atomic E-state index is 13.2. The Balaban J connectivity index is 1.60. The molecule has 0 saturated carbocycles. The highest BCUT2D eigenvalue weighted by atomic mass is 127. The number of nitrogens with one attached hydrogen (secondary N) is 1. The molecule has 8 heteroatoms. The first-order chi connectivity index (χ1) is 14.8. The van der Waals surface area contributed by atoms with E-state index in [4.69, 9.17) is 11.6 Å². The third kappa shape index (κ3) is 4.38. The van der Waals surface area contributed by atoms with Gasteiger partial charge in [-0.3, -0.25) is 4.79 Å². The van der Waals surface area contributed by atoms with Crippen LogP contribution >= 0.6 is 34.2 Å². The first kappa shape index (κ1) is 23.0. The van der Waals surface area contributed by atoms with Gasteiger partial charge in [0, 0.05) is 33.1 Å². The Morgan fingerprint density at radius 2 is 1.94 bits per heavy atom. The standard InChI is InChI=1S/C23H26ClIN2O3S/c1-2-13-31(29,30)27-11-9-23(10-12-27)19-6-4-3-5-16(19)14-21(23)26-22(28)18-8-7-17(24)15-20(18)25/h3-8,15,21H,2,9-14H2,1H3,(H,26,28). The van der Waals surface area contributed by atoms with Crippen molar-refractivity contribution in [3.05, 3.63) is 67.7 Å². The number of piperidine rings is 1. The topological polar surface area (TPSA) is 66.5 Å². The van der Waals surface area contributed by atoms with Gasteiger partial charge in [0.2, 0.25) is 10.0 Å². The fourth-order valence-corrected chi connectivity index (χ4v) is 7.68. The van der Waals surface area contributed by atoms with E-state index < -0.39 is 10.0 Å². The molecule has 1 aliphatic heterocycles. The molecule has 0 aromatic heterocycles. The van der Waals surface area contributed by atoms with Gasteiger partial charge in [-0.15, -0.1) is 0 Å². The van der Waals surface area contributed by atoms with Gasteiger partial charge < -0.3 is 5.32 Å². The van der Waals surface area contributed by atoms with Gasteiger partial charge in [-0.25, -0.2) is 12.7 Å². The van der Waals surface area contributed by atoms with Crippen LogP contribution in [0.5, 0.6) is 0 Å².